The van der Waals surface area contributed by atoms with Crippen molar-refractivity contribution >= 4 is 0 Å². The normalized spacial score (nSPS) is 10.6. The third-order valence-corrected chi connectivity index (χ3v) is 1.64. The molecule has 0 saturated heterocycles. The van der Waals surface area contributed by atoms with Crippen LogP contribution < -0.4 is 5.43 Å². The van der Waals surface area contributed by atoms with Crippen LogP contribution in [0.15, 0.2) is 30.3 Å². The summed E-state index contributed by atoms with van der Waals surface area (Å²) < 4.78 is 0. The third-order valence-electron chi connectivity index (χ3n) is 1.64. The average molecular weight is 166 g/mol. The predicted octanol–water partition coefficient (Wildman–Crippen LogP) is 1.18. The fraction of sp³-hybridized carbons (Fsp3) is 0.333. The lowest BCUT2D eigenvalue weighted by Gasteiger charge is -2.17. The third kappa shape index (κ3) is 2.62. The molecule has 1 rings (SSSR count). The molecule has 0 fully saturated rings. The predicted molar refractivity (Wildman–Crippen MR) is 48.1 cm³/mol. The summed E-state index contributed by atoms with van der Waals surface area (Å²) in [5.74, 6) is 0. The molecule has 0 aliphatic carbocycles. The van der Waals surface area contributed by atoms with Crippen molar-refractivity contribution in [2.24, 2.45) is 0 Å². The minimum Gasteiger partial charge on any atom is -0.287 e. The van der Waals surface area contributed by atoms with Crippen LogP contribution in [-0.4, -0.2) is 19.3 Å². The van der Waals surface area contributed by atoms with Crippen molar-refractivity contribution < 1.29 is 4.84 Å². The molecule has 0 saturated carbocycles. The quantitative estimate of drug-likeness (QED) is 0.680. The molecule has 1 N–H and O–H groups in total. The van der Waals surface area contributed by atoms with E-state index in [1.807, 2.05) is 25.2 Å². The van der Waals surface area contributed by atoms with Gasteiger partial charge >= 0.3 is 0 Å². The Morgan fingerprint density at radius 3 is 2.50 bits per heavy atom. The maximum Gasteiger partial charge on any atom is 0.0651 e. The van der Waals surface area contributed by atoms with Gasteiger partial charge in [0.05, 0.1) is 13.7 Å². The fourth-order valence-electron chi connectivity index (χ4n) is 0.984. The molecule has 0 spiro atoms. The van der Waals surface area contributed by atoms with E-state index in [-0.39, 0.29) is 0 Å². The number of hydrazine groups is 1. The average Bonchev–Trinajstić information content (AvgIpc) is 2.16. The van der Waals surface area contributed by atoms with Crippen LogP contribution in [0.5, 0.6) is 0 Å². The van der Waals surface area contributed by atoms with E-state index in [1.54, 1.807) is 12.3 Å². The van der Waals surface area contributed by atoms with E-state index in [0.717, 1.165) is 6.54 Å². The van der Waals surface area contributed by atoms with Crippen LogP contribution in [-0.2, 0) is 11.4 Å². The zero-order chi connectivity index (χ0) is 8.81. The summed E-state index contributed by atoms with van der Waals surface area (Å²) in [6.45, 7) is 0.744. The first-order valence-corrected chi connectivity index (χ1v) is 3.89. The van der Waals surface area contributed by atoms with Crippen molar-refractivity contribution in [1.29, 1.82) is 0 Å². The molecule has 66 valence electrons. The molecule has 1 aromatic carbocycles. The van der Waals surface area contributed by atoms with E-state index in [9.17, 15) is 0 Å². The molecule has 0 aromatic heterocycles. The molecule has 1 aromatic rings. The van der Waals surface area contributed by atoms with Gasteiger partial charge in [0.1, 0.15) is 0 Å². The van der Waals surface area contributed by atoms with Crippen LogP contribution in [0, 0.1) is 0 Å². The highest BCUT2D eigenvalue weighted by molar-refractivity contribution is 5.13. The zero-order valence-corrected chi connectivity index (χ0v) is 7.45. The van der Waals surface area contributed by atoms with E-state index in [2.05, 4.69) is 17.6 Å². The van der Waals surface area contributed by atoms with Crippen molar-refractivity contribution in [3.63, 3.8) is 0 Å². The highest BCUT2D eigenvalue weighted by Crippen LogP contribution is 2.01. The van der Waals surface area contributed by atoms with Crippen LogP contribution in [0.3, 0.4) is 0 Å². The molecule has 3 heteroatoms. The van der Waals surface area contributed by atoms with Gasteiger partial charge in [0, 0.05) is 7.05 Å². The second-order valence-electron chi connectivity index (χ2n) is 2.43. The van der Waals surface area contributed by atoms with Gasteiger partial charge in [-0.2, -0.15) is 0 Å². The number of rotatable bonds is 4. The second kappa shape index (κ2) is 4.87. The van der Waals surface area contributed by atoms with Crippen molar-refractivity contribution in [1.82, 2.24) is 10.6 Å². The van der Waals surface area contributed by atoms with Gasteiger partial charge in [-0.05, 0) is 5.56 Å². The Balaban J connectivity index is 2.51. The van der Waals surface area contributed by atoms with Crippen LogP contribution in [0.2, 0.25) is 0 Å². The summed E-state index contributed by atoms with van der Waals surface area (Å²) in [6.07, 6.45) is 0. The van der Waals surface area contributed by atoms with Gasteiger partial charge in [0.2, 0.25) is 0 Å². The molecule has 0 unspecified atom stereocenters. The Morgan fingerprint density at radius 2 is 2.00 bits per heavy atom. The maximum absolute atomic E-state index is 5.03. The molecular weight excluding hydrogens is 152 g/mol. The first-order valence-electron chi connectivity index (χ1n) is 3.89. The van der Waals surface area contributed by atoms with Gasteiger partial charge < -0.3 is 0 Å². The molecule has 0 bridgehead atoms. The summed E-state index contributed by atoms with van der Waals surface area (Å²) in [4.78, 5) is 5.03. The van der Waals surface area contributed by atoms with Crippen molar-refractivity contribution in [3.05, 3.63) is 35.9 Å². The lowest BCUT2D eigenvalue weighted by molar-refractivity contribution is -0.173. The smallest absolute Gasteiger partial charge is 0.0651 e. The molecular formula is C9H14N2O. The summed E-state index contributed by atoms with van der Waals surface area (Å²) >= 11 is 0. The molecule has 12 heavy (non-hydrogen) atoms. The van der Waals surface area contributed by atoms with Crippen LogP contribution in [0.4, 0.5) is 0 Å². The van der Waals surface area contributed by atoms with E-state index >= 15 is 0 Å². The molecule has 0 amide bonds. The monoisotopic (exact) mass is 166 g/mol. The van der Waals surface area contributed by atoms with Gasteiger partial charge in [-0.3, -0.25) is 4.84 Å². The largest absolute Gasteiger partial charge is 0.287 e. The Kier molecular flexibility index (Phi) is 3.73. The summed E-state index contributed by atoms with van der Waals surface area (Å²) in [5, 5.41) is 1.66. The zero-order valence-electron chi connectivity index (χ0n) is 7.45. The Bertz CT molecular complexity index is 209. The number of hydrogen-bond donors (Lipinski definition) is 1. The number of hydrogen-bond acceptors (Lipinski definition) is 3. The highest BCUT2D eigenvalue weighted by atomic mass is 16.7. The first kappa shape index (κ1) is 9.19. The molecule has 0 heterocycles. The number of nitrogens with one attached hydrogen (secondary N) is 1. The number of nitrogens with zero attached hydrogens (tertiary/aromatic N) is 1. The van der Waals surface area contributed by atoms with Crippen molar-refractivity contribution in [3.8, 4) is 0 Å². The number of hydroxylamine groups is 1. The lowest BCUT2D eigenvalue weighted by Crippen LogP contribution is -2.33. The summed E-state index contributed by atoms with van der Waals surface area (Å²) in [5.41, 5.74) is 4.13. The van der Waals surface area contributed by atoms with E-state index in [0.29, 0.717) is 0 Å². The molecule has 0 radical (unpaired) electrons. The first-order chi connectivity index (χ1) is 5.86. The van der Waals surface area contributed by atoms with Crippen molar-refractivity contribution in [2.75, 3.05) is 14.2 Å². The second-order valence-corrected chi connectivity index (χ2v) is 2.43. The van der Waals surface area contributed by atoms with Gasteiger partial charge in [-0.15, -0.1) is 5.17 Å². The topological polar surface area (TPSA) is 24.5 Å². The number of benzene rings is 1. The van der Waals surface area contributed by atoms with Gasteiger partial charge in [0.25, 0.3) is 0 Å². The Labute approximate surface area is 72.9 Å². The summed E-state index contributed by atoms with van der Waals surface area (Å²) in [7, 11) is 3.46. The van der Waals surface area contributed by atoms with Crippen molar-refractivity contribution in [2.45, 2.75) is 6.54 Å². The van der Waals surface area contributed by atoms with Gasteiger partial charge in [-0.25, -0.2) is 5.43 Å². The van der Waals surface area contributed by atoms with E-state index < -0.39 is 0 Å². The maximum atomic E-state index is 5.03. The Hall–Kier alpha value is -0.900. The van der Waals surface area contributed by atoms with E-state index in [4.69, 9.17) is 4.84 Å². The standard InChI is InChI=1S/C9H14N2O/c1-10-11(12-2)8-9-6-4-3-5-7-9/h3-7,10H,8H2,1-2H3. The van der Waals surface area contributed by atoms with Gasteiger partial charge in [-0.1, -0.05) is 30.3 Å². The SMILES string of the molecule is CNN(Cc1ccccc1)OC. The molecule has 0 aliphatic rings. The van der Waals surface area contributed by atoms with Crippen LogP contribution >= 0.6 is 0 Å². The van der Waals surface area contributed by atoms with E-state index in [1.165, 1.54) is 5.56 Å². The van der Waals surface area contributed by atoms with Crippen LogP contribution in [0.25, 0.3) is 0 Å². The molecule has 0 atom stereocenters. The highest BCUT2D eigenvalue weighted by Gasteiger charge is 1.99. The minimum absolute atomic E-state index is 0.744. The minimum atomic E-state index is 0.744. The fourth-order valence-corrected chi connectivity index (χ4v) is 0.984. The van der Waals surface area contributed by atoms with Crippen LogP contribution in [0.1, 0.15) is 5.56 Å². The molecule has 3 nitrogen and oxygen atoms in total. The summed E-state index contributed by atoms with van der Waals surface area (Å²) in [6, 6.07) is 10.1. The Morgan fingerprint density at radius 1 is 1.33 bits per heavy atom. The lowest BCUT2D eigenvalue weighted by atomic mass is 10.2. The molecule has 0 aliphatic heterocycles. The van der Waals surface area contributed by atoms with Gasteiger partial charge in [0.15, 0.2) is 0 Å².